The molecule has 0 saturated carbocycles. The number of hydrogen-bond acceptors (Lipinski definition) is 5. The minimum absolute atomic E-state index is 0.0166. The number of hydrogen-bond donors (Lipinski definition) is 2. The molecule has 1 saturated heterocycles. The Labute approximate surface area is 204 Å². The summed E-state index contributed by atoms with van der Waals surface area (Å²) >= 11 is 0. The second-order valence-corrected chi connectivity index (χ2v) is 8.54. The highest BCUT2D eigenvalue weighted by Crippen LogP contribution is 2.25. The Bertz CT molecular complexity index is 1160. The van der Waals surface area contributed by atoms with Gasteiger partial charge in [-0.15, -0.1) is 0 Å². The zero-order valence-corrected chi connectivity index (χ0v) is 20.1. The third kappa shape index (κ3) is 7.27. The number of amides is 2. The minimum atomic E-state index is -0.631. The van der Waals surface area contributed by atoms with Crippen LogP contribution in [-0.2, 0) is 4.79 Å². The maximum Gasteiger partial charge on any atom is 0.257 e. The smallest absolute Gasteiger partial charge is 0.257 e. The number of nitrogens with zero attached hydrogens (tertiary/aromatic N) is 2. The Morgan fingerprint density at radius 1 is 1.20 bits per heavy atom. The van der Waals surface area contributed by atoms with Gasteiger partial charge in [0.2, 0.25) is 11.8 Å². The molecular formula is C27H30FN3O4. The molecule has 1 aromatic carbocycles. The molecule has 2 heterocycles. The number of rotatable bonds is 7. The first-order chi connectivity index (χ1) is 16.8. The molecule has 0 bridgehead atoms. The number of nitrogens with one attached hydrogen (secondary N) is 1. The van der Waals surface area contributed by atoms with E-state index in [1.165, 1.54) is 6.08 Å². The number of aliphatic hydroxyl groups excluding tert-OH is 1. The van der Waals surface area contributed by atoms with Crippen LogP contribution >= 0.6 is 0 Å². The predicted molar refractivity (Wildman–Crippen MR) is 132 cm³/mol. The van der Waals surface area contributed by atoms with Crippen LogP contribution < -0.4 is 10.1 Å². The van der Waals surface area contributed by atoms with Crippen molar-refractivity contribution in [3.63, 3.8) is 0 Å². The van der Waals surface area contributed by atoms with Crippen molar-refractivity contribution >= 4 is 11.8 Å². The summed E-state index contributed by atoms with van der Waals surface area (Å²) in [4.78, 5) is 31.4. The number of carbonyl (C=O) groups excluding carboxylic acids is 2. The van der Waals surface area contributed by atoms with Crippen LogP contribution in [0.3, 0.4) is 0 Å². The molecule has 8 heteroatoms. The van der Waals surface area contributed by atoms with Crippen LogP contribution in [0.5, 0.6) is 11.6 Å². The molecule has 0 spiro atoms. The number of benzene rings is 1. The lowest BCUT2D eigenvalue weighted by atomic mass is 10.0. The molecule has 2 N–H and O–H groups in total. The standard InChI is InChI=1S/C27H30FN3O4/c1-18(11-14-32)7-8-20(3)27(34)31-12-9-22(10-13-31)30-25(33)24-16-21(28)17-29-26(24)35-23-6-4-5-19(2)15-23/h4-8,11,14-17,22,32H,9-10,12-13H2,1-3H3,(H,30,33)/b14-11+,18-7-,20-8+. The van der Waals surface area contributed by atoms with E-state index in [0.29, 0.717) is 37.3 Å². The van der Waals surface area contributed by atoms with Gasteiger partial charge in [-0.3, -0.25) is 9.59 Å². The zero-order chi connectivity index (χ0) is 25.4. The third-order valence-electron chi connectivity index (χ3n) is 5.65. The average Bonchev–Trinajstić information content (AvgIpc) is 2.84. The fraction of sp³-hybridized carbons (Fsp3) is 0.296. The van der Waals surface area contributed by atoms with Crippen molar-refractivity contribution in [3.05, 3.63) is 89.1 Å². The molecule has 3 rings (SSSR count). The number of pyridine rings is 1. The molecule has 1 aromatic heterocycles. The van der Waals surface area contributed by atoms with Gasteiger partial charge in [0.1, 0.15) is 17.1 Å². The third-order valence-corrected chi connectivity index (χ3v) is 5.65. The fourth-order valence-corrected chi connectivity index (χ4v) is 3.70. The van der Waals surface area contributed by atoms with Crippen molar-refractivity contribution in [2.24, 2.45) is 0 Å². The molecule has 35 heavy (non-hydrogen) atoms. The maximum atomic E-state index is 13.9. The summed E-state index contributed by atoms with van der Waals surface area (Å²) < 4.78 is 19.7. The van der Waals surface area contributed by atoms with Crippen molar-refractivity contribution in [1.29, 1.82) is 0 Å². The minimum Gasteiger partial charge on any atom is -0.516 e. The van der Waals surface area contributed by atoms with Crippen LogP contribution in [0.1, 0.15) is 42.6 Å². The van der Waals surface area contributed by atoms with Crippen LogP contribution in [0.2, 0.25) is 0 Å². The second kappa shape index (κ2) is 12.0. The van der Waals surface area contributed by atoms with Crippen molar-refractivity contribution in [2.75, 3.05) is 13.1 Å². The van der Waals surface area contributed by atoms with Gasteiger partial charge in [0.15, 0.2) is 0 Å². The van der Waals surface area contributed by atoms with Crippen molar-refractivity contribution in [3.8, 4) is 11.6 Å². The van der Waals surface area contributed by atoms with E-state index in [9.17, 15) is 14.0 Å². The molecule has 0 atom stereocenters. The Hall–Kier alpha value is -3.94. The summed E-state index contributed by atoms with van der Waals surface area (Å²) in [6, 6.07) is 8.23. The van der Waals surface area contributed by atoms with Gasteiger partial charge >= 0.3 is 0 Å². The van der Waals surface area contributed by atoms with Gasteiger partial charge in [0, 0.05) is 24.7 Å². The summed E-state index contributed by atoms with van der Waals surface area (Å²) in [7, 11) is 0. The van der Waals surface area contributed by atoms with Crippen LogP contribution in [0.15, 0.2) is 72.2 Å². The Morgan fingerprint density at radius 3 is 2.63 bits per heavy atom. The summed E-state index contributed by atoms with van der Waals surface area (Å²) in [5.41, 5.74) is 2.40. The van der Waals surface area contributed by atoms with E-state index >= 15 is 0 Å². The number of likely N-dealkylation sites (tertiary alicyclic amines) is 1. The highest BCUT2D eigenvalue weighted by molar-refractivity contribution is 5.96. The number of allylic oxidation sites excluding steroid dienone is 4. The first-order valence-electron chi connectivity index (χ1n) is 11.4. The molecule has 7 nitrogen and oxygen atoms in total. The summed E-state index contributed by atoms with van der Waals surface area (Å²) in [6.45, 7) is 6.46. The molecule has 0 radical (unpaired) electrons. The Balaban J connectivity index is 1.61. The van der Waals surface area contributed by atoms with Gasteiger partial charge in [-0.25, -0.2) is 9.37 Å². The van der Waals surface area contributed by atoms with Crippen LogP contribution in [0, 0.1) is 12.7 Å². The predicted octanol–water partition coefficient (Wildman–Crippen LogP) is 5.01. The van der Waals surface area contributed by atoms with Gasteiger partial charge in [-0.1, -0.05) is 24.3 Å². The number of carbonyl (C=O) groups is 2. The first-order valence-corrected chi connectivity index (χ1v) is 11.4. The van der Waals surface area contributed by atoms with E-state index in [0.717, 1.165) is 29.7 Å². The number of aliphatic hydroxyl groups is 1. The van der Waals surface area contributed by atoms with E-state index in [4.69, 9.17) is 9.84 Å². The second-order valence-electron chi connectivity index (χ2n) is 8.54. The summed E-state index contributed by atoms with van der Waals surface area (Å²) in [5.74, 6) is -0.644. The van der Waals surface area contributed by atoms with Crippen molar-refractivity contribution < 1.29 is 23.8 Å². The molecule has 0 aliphatic carbocycles. The van der Waals surface area contributed by atoms with E-state index in [2.05, 4.69) is 10.3 Å². The molecular weight excluding hydrogens is 449 g/mol. The number of halogens is 1. The summed E-state index contributed by atoms with van der Waals surface area (Å²) in [6.07, 6.45) is 8.13. The maximum absolute atomic E-state index is 13.9. The van der Waals surface area contributed by atoms with Crippen LogP contribution in [-0.4, -0.2) is 45.9 Å². The topological polar surface area (TPSA) is 91.8 Å². The van der Waals surface area contributed by atoms with Gasteiger partial charge in [0.05, 0.1) is 12.5 Å². The SMILES string of the molecule is CC(=C/C=C(\C)C(=O)N1CCC(NC(=O)c2cc(F)cnc2Oc2cccc(C)c2)CC1)/C=C/O. The van der Waals surface area contributed by atoms with E-state index in [1.807, 2.05) is 26.0 Å². The normalized spacial score (nSPS) is 15.4. The van der Waals surface area contributed by atoms with E-state index < -0.39 is 11.7 Å². The van der Waals surface area contributed by atoms with Gasteiger partial charge < -0.3 is 20.1 Å². The molecule has 0 unspecified atom stereocenters. The number of ether oxygens (including phenoxy) is 1. The lowest BCUT2D eigenvalue weighted by molar-refractivity contribution is -0.128. The number of aromatic nitrogens is 1. The highest BCUT2D eigenvalue weighted by Gasteiger charge is 2.26. The van der Waals surface area contributed by atoms with Crippen molar-refractivity contribution in [1.82, 2.24) is 15.2 Å². The molecule has 184 valence electrons. The Kier molecular flexibility index (Phi) is 8.78. The number of aryl methyl sites for hydroxylation is 1. The van der Waals surface area contributed by atoms with Gasteiger partial charge in [-0.05, 0) is 69.0 Å². The lowest BCUT2D eigenvalue weighted by Crippen LogP contribution is -2.46. The monoisotopic (exact) mass is 479 g/mol. The van der Waals surface area contributed by atoms with E-state index in [1.54, 1.807) is 36.1 Å². The molecule has 2 aromatic rings. The largest absolute Gasteiger partial charge is 0.516 e. The first kappa shape index (κ1) is 25.7. The zero-order valence-electron chi connectivity index (χ0n) is 20.1. The van der Waals surface area contributed by atoms with Gasteiger partial charge in [0.25, 0.3) is 5.91 Å². The lowest BCUT2D eigenvalue weighted by Gasteiger charge is -2.32. The van der Waals surface area contributed by atoms with E-state index in [-0.39, 0.29) is 23.4 Å². The fourth-order valence-electron chi connectivity index (χ4n) is 3.70. The molecule has 1 aliphatic rings. The Morgan fingerprint density at radius 2 is 1.94 bits per heavy atom. The number of piperidine rings is 1. The van der Waals surface area contributed by atoms with Crippen LogP contribution in [0.4, 0.5) is 4.39 Å². The molecule has 1 aliphatic heterocycles. The van der Waals surface area contributed by atoms with Gasteiger partial charge in [-0.2, -0.15) is 0 Å². The average molecular weight is 480 g/mol. The summed E-state index contributed by atoms with van der Waals surface area (Å²) in [5, 5.41) is 11.7. The molecule has 2 amide bonds. The highest BCUT2D eigenvalue weighted by atomic mass is 19.1. The van der Waals surface area contributed by atoms with Crippen LogP contribution in [0.25, 0.3) is 0 Å². The molecule has 1 fully saturated rings. The van der Waals surface area contributed by atoms with Crippen molar-refractivity contribution in [2.45, 2.75) is 39.7 Å². The quantitative estimate of drug-likeness (QED) is 0.331.